The maximum absolute atomic E-state index is 11.8. The zero-order chi connectivity index (χ0) is 14.6. The molecule has 0 aromatic heterocycles. The van der Waals surface area contributed by atoms with E-state index in [0.717, 1.165) is 0 Å². The molecular formula is C12H14N2O5. The van der Waals surface area contributed by atoms with E-state index in [1.165, 1.54) is 32.0 Å². The second-order valence-electron chi connectivity index (χ2n) is 4.18. The topological polar surface area (TPSA) is 110 Å². The van der Waals surface area contributed by atoms with E-state index in [1.54, 1.807) is 6.07 Å². The lowest BCUT2D eigenvalue weighted by atomic mass is 9.95. The molecule has 0 aliphatic carbocycles. The average molecular weight is 266 g/mol. The van der Waals surface area contributed by atoms with Gasteiger partial charge in [0.2, 0.25) is 5.91 Å². The highest BCUT2D eigenvalue weighted by Gasteiger charge is 2.27. The number of carboxylic acid groups (broad SMARTS) is 1. The predicted molar refractivity (Wildman–Crippen MR) is 67.7 cm³/mol. The standard InChI is InChI=1S/C12H14N2O5/c1-7(8(2)12(16)17)11(15)13-9-5-3-4-6-10(9)14(18)19/h3-8H,1-2H3,(H,13,15)(H,16,17). The number of nitrogens with zero attached hydrogens (tertiary/aromatic N) is 1. The molecule has 7 nitrogen and oxygen atoms in total. The Bertz CT molecular complexity index is 515. The van der Waals surface area contributed by atoms with Crippen molar-refractivity contribution in [2.75, 3.05) is 5.32 Å². The lowest BCUT2D eigenvalue weighted by molar-refractivity contribution is -0.383. The van der Waals surface area contributed by atoms with E-state index in [9.17, 15) is 19.7 Å². The minimum atomic E-state index is -1.09. The number of aliphatic carboxylic acids is 1. The van der Waals surface area contributed by atoms with Crippen molar-refractivity contribution in [1.29, 1.82) is 0 Å². The van der Waals surface area contributed by atoms with Crippen molar-refractivity contribution < 1.29 is 19.6 Å². The molecule has 0 fully saturated rings. The van der Waals surface area contributed by atoms with Crippen LogP contribution in [0, 0.1) is 22.0 Å². The molecule has 1 rings (SSSR count). The van der Waals surface area contributed by atoms with Crippen LogP contribution < -0.4 is 5.32 Å². The van der Waals surface area contributed by atoms with Crippen LogP contribution in [-0.4, -0.2) is 21.9 Å². The number of carbonyl (C=O) groups excluding carboxylic acids is 1. The molecule has 0 heterocycles. The molecule has 1 aromatic carbocycles. The minimum Gasteiger partial charge on any atom is -0.481 e. The minimum absolute atomic E-state index is 0.0574. The molecule has 102 valence electrons. The van der Waals surface area contributed by atoms with Gasteiger partial charge in [-0.1, -0.05) is 26.0 Å². The number of hydrogen-bond acceptors (Lipinski definition) is 4. The summed E-state index contributed by atoms with van der Waals surface area (Å²) < 4.78 is 0. The maximum atomic E-state index is 11.8. The summed E-state index contributed by atoms with van der Waals surface area (Å²) in [7, 11) is 0. The van der Waals surface area contributed by atoms with Crippen LogP contribution in [0.4, 0.5) is 11.4 Å². The number of amides is 1. The van der Waals surface area contributed by atoms with Gasteiger partial charge in [-0.05, 0) is 6.07 Å². The Labute approximate surface area is 109 Å². The third-order valence-corrected chi connectivity index (χ3v) is 2.91. The van der Waals surface area contributed by atoms with Crippen molar-refractivity contribution in [2.24, 2.45) is 11.8 Å². The number of nitro groups is 1. The fourth-order valence-electron chi connectivity index (χ4n) is 1.43. The van der Waals surface area contributed by atoms with Gasteiger partial charge in [-0.15, -0.1) is 0 Å². The van der Waals surface area contributed by atoms with Crippen molar-refractivity contribution in [3.63, 3.8) is 0 Å². The summed E-state index contributed by atoms with van der Waals surface area (Å²) in [6.07, 6.45) is 0. The Hall–Kier alpha value is -2.44. The largest absolute Gasteiger partial charge is 0.481 e. The van der Waals surface area contributed by atoms with Gasteiger partial charge in [0.15, 0.2) is 0 Å². The quantitative estimate of drug-likeness (QED) is 0.624. The Morgan fingerprint density at radius 1 is 1.26 bits per heavy atom. The molecule has 0 saturated heterocycles. The molecular weight excluding hydrogens is 252 g/mol. The summed E-state index contributed by atoms with van der Waals surface area (Å²) in [4.78, 5) is 32.8. The molecule has 2 unspecified atom stereocenters. The highest BCUT2D eigenvalue weighted by Crippen LogP contribution is 2.24. The molecule has 7 heteroatoms. The van der Waals surface area contributed by atoms with Crippen molar-refractivity contribution in [1.82, 2.24) is 0 Å². The summed E-state index contributed by atoms with van der Waals surface area (Å²) in [5.74, 6) is -3.32. The predicted octanol–water partition coefficient (Wildman–Crippen LogP) is 1.89. The summed E-state index contributed by atoms with van der Waals surface area (Å²) in [5.41, 5.74) is -0.173. The number of para-hydroxylation sites is 2. The number of nitrogens with one attached hydrogen (secondary N) is 1. The van der Waals surface area contributed by atoms with Crippen molar-refractivity contribution in [3.05, 3.63) is 34.4 Å². The van der Waals surface area contributed by atoms with Gasteiger partial charge in [0, 0.05) is 12.0 Å². The molecule has 2 atom stereocenters. The smallest absolute Gasteiger partial charge is 0.307 e. The molecule has 0 saturated carbocycles. The number of hydrogen-bond donors (Lipinski definition) is 2. The van der Waals surface area contributed by atoms with Gasteiger partial charge in [-0.25, -0.2) is 0 Å². The molecule has 0 radical (unpaired) electrons. The highest BCUT2D eigenvalue weighted by atomic mass is 16.6. The van der Waals surface area contributed by atoms with Crippen LogP contribution in [0.25, 0.3) is 0 Å². The number of nitro benzene ring substituents is 1. The van der Waals surface area contributed by atoms with Crippen LogP contribution in [0.3, 0.4) is 0 Å². The Morgan fingerprint density at radius 2 is 1.84 bits per heavy atom. The second-order valence-corrected chi connectivity index (χ2v) is 4.18. The first-order valence-corrected chi connectivity index (χ1v) is 5.61. The van der Waals surface area contributed by atoms with Crippen LogP contribution in [0.2, 0.25) is 0 Å². The second kappa shape index (κ2) is 5.94. The first-order chi connectivity index (χ1) is 8.84. The van der Waals surface area contributed by atoms with Gasteiger partial charge in [0.05, 0.1) is 10.8 Å². The molecule has 1 amide bonds. The van der Waals surface area contributed by atoms with Crippen molar-refractivity contribution >= 4 is 23.3 Å². The number of carboxylic acids is 1. The molecule has 0 aliphatic rings. The number of carbonyl (C=O) groups is 2. The third-order valence-electron chi connectivity index (χ3n) is 2.91. The van der Waals surface area contributed by atoms with Gasteiger partial charge in [-0.3, -0.25) is 19.7 Å². The maximum Gasteiger partial charge on any atom is 0.307 e. The number of anilines is 1. The summed E-state index contributed by atoms with van der Waals surface area (Å²) in [5, 5.41) is 22.0. The van der Waals surface area contributed by atoms with Crippen LogP contribution in [0.15, 0.2) is 24.3 Å². The van der Waals surface area contributed by atoms with Gasteiger partial charge >= 0.3 is 5.97 Å². The normalized spacial score (nSPS) is 13.4. The average Bonchev–Trinajstić information content (AvgIpc) is 2.37. The Morgan fingerprint density at radius 3 is 2.37 bits per heavy atom. The highest BCUT2D eigenvalue weighted by molar-refractivity contribution is 5.96. The monoisotopic (exact) mass is 266 g/mol. The Kier molecular flexibility index (Phi) is 4.57. The van der Waals surface area contributed by atoms with E-state index in [1.807, 2.05) is 0 Å². The van der Waals surface area contributed by atoms with Crippen LogP contribution in [0.1, 0.15) is 13.8 Å². The molecule has 19 heavy (non-hydrogen) atoms. The Balaban J connectivity index is 2.88. The lowest BCUT2D eigenvalue weighted by Crippen LogP contribution is -2.30. The third kappa shape index (κ3) is 3.51. The number of rotatable bonds is 5. The fourth-order valence-corrected chi connectivity index (χ4v) is 1.43. The van der Waals surface area contributed by atoms with Gasteiger partial charge in [-0.2, -0.15) is 0 Å². The van der Waals surface area contributed by atoms with E-state index in [0.29, 0.717) is 0 Å². The molecule has 1 aromatic rings. The molecule has 0 bridgehead atoms. The molecule has 0 spiro atoms. The fraction of sp³-hybridized carbons (Fsp3) is 0.333. The van der Waals surface area contributed by atoms with E-state index < -0.39 is 28.6 Å². The van der Waals surface area contributed by atoms with Crippen LogP contribution in [0.5, 0.6) is 0 Å². The van der Waals surface area contributed by atoms with Gasteiger partial charge in [0.1, 0.15) is 5.69 Å². The number of benzene rings is 1. The lowest BCUT2D eigenvalue weighted by Gasteiger charge is -2.15. The van der Waals surface area contributed by atoms with Gasteiger partial charge < -0.3 is 10.4 Å². The van der Waals surface area contributed by atoms with Crippen molar-refractivity contribution in [2.45, 2.75) is 13.8 Å². The molecule has 0 aliphatic heterocycles. The summed E-state index contributed by atoms with van der Waals surface area (Å²) in [6, 6.07) is 5.69. The zero-order valence-electron chi connectivity index (χ0n) is 10.5. The van der Waals surface area contributed by atoms with Crippen LogP contribution in [-0.2, 0) is 9.59 Å². The van der Waals surface area contributed by atoms with E-state index >= 15 is 0 Å². The zero-order valence-corrected chi connectivity index (χ0v) is 10.5. The molecule has 2 N–H and O–H groups in total. The van der Waals surface area contributed by atoms with Crippen LogP contribution >= 0.6 is 0 Å². The SMILES string of the molecule is CC(C(=O)O)C(C)C(=O)Nc1ccccc1[N+](=O)[O-]. The van der Waals surface area contributed by atoms with E-state index in [2.05, 4.69) is 5.32 Å². The summed E-state index contributed by atoms with van der Waals surface area (Å²) >= 11 is 0. The van der Waals surface area contributed by atoms with Gasteiger partial charge in [0.25, 0.3) is 5.69 Å². The first kappa shape index (κ1) is 14.6. The van der Waals surface area contributed by atoms with E-state index in [4.69, 9.17) is 5.11 Å². The van der Waals surface area contributed by atoms with E-state index in [-0.39, 0.29) is 11.4 Å². The first-order valence-electron chi connectivity index (χ1n) is 5.61. The summed E-state index contributed by atoms with van der Waals surface area (Å²) in [6.45, 7) is 2.87. The van der Waals surface area contributed by atoms with Crippen molar-refractivity contribution in [3.8, 4) is 0 Å².